The summed E-state index contributed by atoms with van der Waals surface area (Å²) in [7, 11) is 1.39. The molecule has 1 amide bonds. The Morgan fingerprint density at radius 3 is 2.08 bits per heavy atom. The number of amides is 1. The molecule has 0 atom stereocenters. The molecule has 0 aliphatic heterocycles. The van der Waals surface area contributed by atoms with Crippen molar-refractivity contribution >= 4 is 29.6 Å². The molecule has 254 valence electrons. The number of allylic oxidation sites excluding steroid dienone is 4. The van der Waals surface area contributed by atoms with Crippen molar-refractivity contribution in [3.05, 3.63) is 94.6 Å². The fourth-order valence-electron chi connectivity index (χ4n) is 6.73. The van der Waals surface area contributed by atoms with E-state index in [1.165, 1.54) is 13.2 Å². The maximum Gasteiger partial charge on any atom is 0.410 e. The highest BCUT2D eigenvalue weighted by Gasteiger charge is 2.40. The van der Waals surface area contributed by atoms with Crippen LogP contribution in [0.5, 0.6) is 0 Å². The molecule has 48 heavy (non-hydrogen) atoms. The lowest BCUT2D eigenvalue weighted by atomic mass is 9.70. The van der Waals surface area contributed by atoms with Crippen LogP contribution in [0.1, 0.15) is 83.4 Å². The van der Waals surface area contributed by atoms with Gasteiger partial charge in [-0.15, -0.1) is 0 Å². The second-order valence-corrected chi connectivity index (χ2v) is 12.8. The normalized spacial score (nSPS) is 14.4. The standard InChI is InChI=1S/C39H45NO8/c1-7-22-47-32(41)20-19-27-25(2)37(44)34(26(3)36(27)43)39(4,5)24-33(42)48-23-14-8-13-21-40(38(45)46-6)35-30-17-11-9-15-28(30)29-16-10-12-18-31(29)35/h7,9-12,15-18,35H,1,8,13-14,19-24H2,2-6H3. The van der Waals surface area contributed by atoms with Crippen molar-refractivity contribution in [2.45, 2.75) is 72.3 Å². The minimum atomic E-state index is -0.946. The van der Waals surface area contributed by atoms with Gasteiger partial charge in [-0.2, -0.15) is 0 Å². The van der Waals surface area contributed by atoms with Gasteiger partial charge in [0.25, 0.3) is 0 Å². The molecule has 2 aliphatic carbocycles. The number of esters is 2. The fourth-order valence-corrected chi connectivity index (χ4v) is 6.73. The van der Waals surface area contributed by atoms with E-state index in [0.29, 0.717) is 31.4 Å². The fraction of sp³-hybridized carbons (Fsp3) is 0.410. The van der Waals surface area contributed by atoms with E-state index in [9.17, 15) is 24.0 Å². The van der Waals surface area contributed by atoms with E-state index in [4.69, 9.17) is 14.2 Å². The van der Waals surface area contributed by atoms with Crippen LogP contribution in [0.2, 0.25) is 0 Å². The number of ether oxygens (including phenoxy) is 3. The Labute approximate surface area is 282 Å². The summed E-state index contributed by atoms with van der Waals surface area (Å²) in [4.78, 5) is 66.2. The highest BCUT2D eigenvalue weighted by atomic mass is 16.5. The topological polar surface area (TPSA) is 116 Å². The molecule has 0 saturated carbocycles. The molecule has 0 saturated heterocycles. The number of unbranched alkanes of at least 4 members (excludes halogenated alkanes) is 2. The third-order valence-corrected chi connectivity index (χ3v) is 9.04. The van der Waals surface area contributed by atoms with E-state index < -0.39 is 23.4 Å². The second kappa shape index (κ2) is 15.9. The van der Waals surface area contributed by atoms with Gasteiger partial charge in [-0.05, 0) is 61.8 Å². The monoisotopic (exact) mass is 655 g/mol. The van der Waals surface area contributed by atoms with E-state index in [2.05, 4.69) is 18.7 Å². The molecule has 0 bridgehead atoms. The highest BCUT2D eigenvalue weighted by Crippen LogP contribution is 2.46. The Balaban J connectivity index is 1.29. The van der Waals surface area contributed by atoms with Gasteiger partial charge in [0.2, 0.25) is 0 Å². The molecule has 2 aromatic carbocycles. The Hall–Kier alpha value is -4.79. The molecule has 0 spiro atoms. The zero-order valence-electron chi connectivity index (χ0n) is 28.6. The number of hydrogen-bond acceptors (Lipinski definition) is 8. The maximum absolute atomic E-state index is 13.4. The largest absolute Gasteiger partial charge is 0.466 e. The Kier molecular flexibility index (Phi) is 11.9. The van der Waals surface area contributed by atoms with Gasteiger partial charge >= 0.3 is 18.0 Å². The van der Waals surface area contributed by atoms with E-state index in [1.807, 2.05) is 36.4 Å². The summed E-state index contributed by atoms with van der Waals surface area (Å²) in [6.45, 7) is 10.9. The maximum atomic E-state index is 13.4. The van der Waals surface area contributed by atoms with Gasteiger partial charge in [0.05, 0.1) is 26.2 Å². The number of Topliss-reactive ketones (excluding diaryl/α,β-unsaturated/α-hetero) is 2. The molecule has 9 heteroatoms. The summed E-state index contributed by atoms with van der Waals surface area (Å²) >= 11 is 0. The Morgan fingerprint density at radius 1 is 0.854 bits per heavy atom. The lowest BCUT2D eigenvalue weighted by Crippen LogP contribution is -2.35. The summed E-state index contributed by atoms with van der Waals surface area (Å²) in [6, 6.07) is 15.9. The third-order valence-electron chi connectivity index (χ3n) is 9.04. The zero-order valence-corrected chi connectivity index (χ0v) is 28.6. The smallest absolute Gasteiger partial charge is 0.410 e. The number of fused-ring (bicyclic) bond motifs is 3. The van der Waals surface area contributed by atoms with Crippen LogP contribution in [0.4, 0.5) is 4.79 Å². The van der Waals surface area contributed by atoms with Gasteiger partial charge in [0.15, 0.2) is 11.6 Å². The Morgan fingerprint density at radius 2 is 1.48 bits per heavy atom. The summed E-state index contributed by atoms with van der Waals surface area (Å²) in [5, 5.41) is 0. The number of hydrogen-bond donors (Lipinski definition) is 0. The van der Waals surface area contributed by atoms with Crippen molar-refractivity contribution in [1.82, 2.24) is 4.90 Å². The average Bonchev–Trinajstić information content (AvgIpc) is 3.39. The van der Waals surface area contributed by atoms with Crippen molar-refractivity contribution in [1.29, 1.82) is 0 Å². The van der Waals surface area contributed by atoms with E-state index in [-0.39, 0.29) is 66.8 Å². The van der Waals surface area contributed by atoms with Gasteiger partial charge in [-0.3, -0.25) is 24.1 Å². The van der Waals surface area contributed by atoms with Crippen LogP contribution < -0.4 is 0 Å². The molecule has 4 rings (SSSR count). The van der Waals surface area contributed by atoms with Crippen LogP contribution in [0.3, 0.4) is 0 Å². The quantitative estimate of drug-likeness (QED) is 0.0648. The molecular formula is C39H45NO8. The van der Waals surface area contributed by atoms with Gasteiger partial charge in [0, 0.05) is 40.7 Å². The SMILES string of the molecule is C=CCOC(=O)CCC1=C(C)C(=O)C(C(C)(C)CC(=O)OCCCCCN(C(=O)OC)C2c3ccccc3-c3ccccc32)=C(C)C1=O. The lowest BCUT2D eigenvalue weighted by Gasteiger charge is -2.31. The van der Waals surface area contributed by atoms with Gasteiger partial charge in [-0.1, -0.05) is 75.0 Å². The van der Waals surface area contributed by atoms with Crippen LogP contribution in [-0.2, 0) is 33.4 Å². The van der Waals surface area contributed by atoms with Crippen LogP contribution in [0.25, 0.3) is 11.1 Å². The first-order chi connectivity index (χ1) is 22.9. The molecule has 2 aliphatic rings. The van der Waals surface area contributed by atoms with Gasteiger partial charge in [0.1, 0.15) is 6.61 Å². The third kappa shape index (κ3) is 7.84. The van der Waals surface area contributed by atoms with Crippen molar-refractivity contribution in [2.75, 3.05) is 26.9 Å². The van der Waals surface area contributed by atoms with Crippen molar-refractivity contribution in [3.8, 4) is 11.1 Å². The average molecular weight is 656 g/mol. The molecule has 9 nitrogen and oxygen atoms in total. The summed E-state index contributed by atoms with van der Waals surface area (Å²) in [6.07, 6.45) is 3.04. The number of benzene rings is 2. The van der Waals surface area contributed by atoms with E-state index in [1.54, 1.807) is 32.6 Å². The van der Waals surface area contributed by atoms with Crippen LogP contribution >= 0.6 is 0 Å². The van der Waals surface area contributed by atoms with Crippen molar-refractivity contribution in [2.24, 2.45) is 5.41 Å². The van der Waals surface area contributed by atoms with Crippen LogP contribution in [0, 0.1) is 5.41 Å². The predicted octanol–water partition coefficient (Wildman–Crippen LogP) is 7.25. The minimum absolute atomic E-state index is 0.0267. The molecule has 0 fully saturated rings. The number of carbonyl (C=O) groups excluding carboxylic acids is 5. The number of nitrogens with zero attached hydrogens (tertiary/aromatic N) is 1. The molecule has 0 unspecified atom stereocenters. The number of carbonyl (C=O) groups is 5. The molecule has 0 radical (unpaired) electrons. The van der Waals surface area contributed by atoms with E-state index >= 15 is 0 Å². The van der Waals surface area contributed by atoms with Crippen molar-refractivity contribution in [3.63, 3.8) is 0 Å². The minimum Gasteiger partial charge on any atom is -0.466 e. The first-order valence-corrected chi connectivity index (χ1v) is 16.4. The molecule has 0 aromatic heterocycles. The summed E-state index contributed by atoms with van der Waals surface area (Å²) in [5.41, 5.74) is 4.55. The summed E-state index contributed by atoms with van der Waals surface area (Å²) < 4.78 is 15.7. The molecule has 0 heterocycles. The van der Waals surface area contributed by atoms with Crippen molar-refractivity contribution < 1.29 is 38.2 Å². The van der Waals surface area contributed by atoms with Gasteiger partial charge in [-0.25, -0.2) is 4.79 Å². The Bertz CT molecular complexity index is 1620. The first kappa shape index (κ1) is 36.1. The molecular weight excluding hydrogens is 610 g/mol. The molecule has 2 aromatic rings. The van der Waals surface area contributed by atoms with Crippen LogP contribution in [0.15, 0.2) is 83.5 Å². The first-order valence-electron chi connectivity index (χ1n) is 16.4. The number of rotatable bonds is 15. The number of ketones is 2. The summed E-state index contributed by atoms with van der Waals surface area (Å²) in [5.74, 6) is -1.54. The van der Waals surface area contributed by atoms with Crippen LogP contribution in [-0.4, -0.2) is 61.4 Å². The predicted molar refractivity (Wildman–Crippen MR) is 182 cm³/mol. The zero-order chi connectivity index (χ0) is 35.0. The number of methoxy groups -OCH3 is 1. The second-order valence-electron chi connectivity index (χ2n) is 12.8. The van der Waals surface area contributed by atoms with Gasteiger partial charge < -0.3 is 14.2 Å². The molecule has 0 N–H and O–H groups in total. The highest BCUT2D eigenvalue weighted by molar-refractivity contribution is 6.25. The lowest BCUT2D eigenvalue weighted by molar-refractivity contribution is -0.146. The van der Waals surface area contributed by atoms with E-state index in [0.717, 1.165) is 22.3 Å².